The van der Waals surface area contributed by atoms with Gasteiger partial charge in [0.15, 0.2) is 0 Å². The first kappa shape index (κ1) is 20.7. The summed E-state index contributed by atoms with van der Waals surface area (Å²) in [5.74, 6) is 0. The molecule has 3 aliphatic rings. The predicted octanol–water partition coefficient (Wildman–Crippen LogP) is 8.83. The fraction of sp³-hybridized carbons (Fsp3) is 0.333. The smallest absolute Gasteiger partial charge is 0.0642 e. The van der Waals surface area contributed by atoms with Crippen molar-refractivity contribution in [1.82, 2.24) is 0 Å². The molecule has 33 heavy (non-hydrogen) atoms. The van der Waals surface area contributed by atoms with Crippen LogP contribution in [0.3, 0.4) is 0 Å². The Balaban J connectivity index is 1.77. The summed E-state index contributed by atoms with van der Waals surface area (Å²) in [4.78, 5) is 0. The van der Waals surface area contributed by atoms with Crippen LogP contribution in [0.2, 0.25) is 0 Å². The summed E-state index contributed by atoms with van der Waals surface area (Å²) in [6.45, 7) is 14.1. The van der Waals surface area contributed by atoms with E-state index in [-0.39, 0.29) is 16.2 Å². The van der Waals surface area contributed by atoms with Gasteiger partial charge >= 0.3 is 0 Å². The van der Waals surface area contributed by atoms with Crippen LogP contribution in [0.1, 0.15) is 82.2 Å². The fourth-order valence-electron chi connectivity index (χ4n) is 6.48. The number of hydrogen-bond donors (Lipinski definition) is 0. The van der Waals surface area contributed by atoms with E-state index in [0.29, 0.717) is 0 Å². The maximum Gasteiger partial charge on any atom is 0.0722 e. The molecule has 0 aromatic heterocycles. The maximum absolute atomic E-state index is 2.59. The van der Waals surface area contributed by atoms with Crippen LogP contribution >= 0.6 is 0 Å². The van der Waals surface area contributed by atoms with Gasteiger partial charge in [0.05, 0.1) is 5.41 Å². The van der Waals surface area contributed by atoms with Crippen molar-refractivity contribution in [3.05, 3.63) is 112 Å². The summed E-state index contributed by atoms with van der Waals surface area (Å²) in [6, 6.07) is 25.6. The molecule has 0 saturated carbocycles. The molecule has 0 N–H and O–H groups in total. The van der Waals surface area contributed by atoms with E-state index < -0.39 is 0 Å². The lowest BCUT2D eigenvalue weighted by atomic mass is 9.66. The van der Waals surface area contributed by atoms with Crippen LogP contribution < -0.4 is 0 Å². The summed E-state index contributed by atoms with van der Waals surface area (Å²) in [5, 5.41) is 0. The molecular weight excluding hydrogens is 396 g/mol. The monoisotopic (exact) mass is 430 g/mol. The molecule has 0 nitrogen and oxygen atoms in total. The van der Waals surface area contributed by atoms with Crippen molar-refractivity contribution in [2.45, 2.75) is 65.2 Å². The van der Waals surface area contributed by atoms with Crippen LogP contribution in [0.5, 0.6) is 0 Å². The van der Waals surface area contributed by atoms with Gasteiger partial charge in [0.25, 0.3) is 0 Å². The number of fused-ring (bicyclic) bond motifs is 9. The minimum Gasteiger partial charge on any atom is -0.0642 e. The molecule has 0 heterocycles. The van der Waals surface area contributed by atoms with Gasteiger partial charge in [0.2, 0.25) is 0 Å². The Morgan fingerprint density at radius 2 is 1.21 bits per heavy atom. The van der Waals surface area contributed by atoms with Crippen LogP contribution in [0.25, 0.3) is 16.7 Å². The summed E-state index contributed by atoms with van der Waals surface area (Å²) in [6.07, 6.45) is 4.88. The number of benzene rings is 3. The second-order valence-corrected chi connectivity index (χ2v) is 12.2. The largest absolute Gasteiger partial charge is 0.0722 e. The van der Waals surface area contributed by atoms with Gasteiger partial charge in [-0.05, 0) is 73.8 Å². The van der Waals surface area contributed by atoms with E-state index in [0.717, 1.165) is 12.8 Å². The third kappa shape index (κ3) is 2.70. The van der Waals surface area contributed by atoms with Gasteiger partial charge in [0.1, 0.15) is 0 Å². The summed E-state index contributed by atoms with van der Waals surface area (Å²) in [5.41, 5.74) is 14.8. The van der Waals surface area contributed by atoms with Gasteiger partial charge in [-0.25, -0.2) is 0 Å². The molecule has 3 aliphatic carbocycles. The van der Waals surface area contributed by atoms with Crippen molar-refractivity contribution < 1.29 is 0 Å². The van der Waals surface area contributed by atoms with Crippen molar-refractivity contribution in [1.29, 1.82) is 0 Å². The molecule has 0 atom stereocenters. The second-order valence-electron chi connectivity index (χ2n) is 12.2. The van der Waals surface area contributed by atoms with Crippen LogP contribution in [-0.2, 0) is 10.8 Å². The molecule has 0 saturated heterocycles. The molecule has 3 aromatic carbocycles. The van der Waals surface area contributed by atoms with Crippen LogP contribution in [-0.4, -0.2) is 0 Å². The minimum atomic E-state index is -0.212. The average molecular weight is 431 g/mol. The molecular formula is C33H34. The fourth-order valence-corrected chi connectivity index (χ4v) is 6.48. The number of hydrogen-bond acceptors (Lipinski definition) is 0. The highest BCUT2D eigenvalue weighted by atomic mass is 14.5. The van der Waals surface area contributed by atoms with Crippen molar-refractivity contribution in [3.8, 4) is 11.1 Å². The molecule has 3 aromatic rings. The van der Waals surface area contributed by atoms with Gasteiger partial charge in [-0.15, -0.1) is 0 Å². The first-order valence-corrected chi connectivity index (χ1v) is 12.4. The molecule has 0 amide bonds. The normalized spacial score (nSPS) is 18.1. The lowest BCUT2D eigenvalue weighted by Gasteiger charge is -2.35. The van der Waals surface area contributed by atoms with Crippen LogP contribution in [0.4, 0.5) is 0 Å². The zero-order valence-electron chi connectivity index (χ0n) is 20.8. The quantitative estimate of drug-likeness (QED) is 0.334. The number of rotatable bonds is 0. The van der Waals surface area contributed by atoms with Crippen LogP contribution in [0.15, 0.2) is 84.0 Å². The molecule has 0 radical (unpaired) electrons. The second kappa shape index (κ2) is 6.60. The Morgan fingerprint density at radius 1 is 0.606 bits per heavy atom. The first-order valence-electron chi connectivity index (χ1n) is 12.4. The highest BCUT2D eigenvalue weighted by Crippen LogP contribution is 2.64. The van der Waals surface area contributed by atoms with Gasteiger partial charge < -0.3 is 0 Å². The van der Waals surface area contributed by atoms with Crippen molar-refractivity contribution in [3.63, 3.8) is 0 Å². The number of allylic oxidation sites excluding steroid dienone is 4. The van der Waals surface area contributed by atoms with Gasteiger partial charge in [-0.3, -0.25) is 0 Å². The van der Waals surface area contributed by atoms with Gasteiger partial charge in [-0.2, -0.15) is 0 Å². The van der Waals surface area contributed by atoms with E-state index in [1.54, 1.807) is 11.1 Å². The van der Waals surface area contributed by atoms with E-state index in [1.165, 1.54) is 44.5 Å². The molecule has 0 aliphatic heterocycles. The highest BCUT2D eigenvalue weighted by molar-refractivity contribution is 5.96. The van der Waals surface area contributed by atoms with Crippen LogP contribution in [0, 0.1) is 5.41 Å². The third-order valence-electron chi connectivity index (χ3n) is 8.22. The van der Waals surface area contributed by atoms with Crippen molar-refractivity contribution in [2.24, 2.45) is 5.41 Å². The average Bonchev–Trinajstić information content (AvgIpc) is 3.24. The molecule has 0 fully saturated rings. The van der Waals surface area contributed by atoms with E-state index in [1.807, 2.05) is 0 Å². The van der Waals surface area contributed by atoms with E-state index in [9.17, 15) is 0 Å². The van der Waals surface area contributed by atoms with Crippen molar-refractivity contribution >= 4 is 5.57 Å². The minimum absolute atomic E-state index is 0.114. The molecule has 1 spiro atoms. The van der Waals surface area contributed by atoms with Crippen molar-refractivity contribution in [2.75, 3.05) is 0 Å². The lowest BCUT2D eigenvalue weighted by Crippen LogP contribution is -2.28. The third-order valence-corrected chi connectivity index (χ3v) is 8.22. The van der Waals surface area contributed by atoms with Gasteiger partial charge in [0, 0.05) is 0 Å². The van der Waals surface area contributed by atoms with E-state index >= 15 is 0 Å². The van der Waals surface area contributed by atoms with E-state index in [4.69, 9.17) is 0 Å². The summed E-state index contributed by atoms with van der Waals surface area (Å²) >= 11 is 0. The topological polar surface area (TPSA) is 0 Å². The summed E-state index contributed by atoms with van der Waals surface area (Å²) in [7, 11) is 0. The molecule has 0 unspecified atom stereocenters. The van der Waals surface area contributed by atoms with E-state index in [2.05, 4.69) is 114 Å². The SMILES string of the molecule is CC(C)(C)C1=CC2=C(CC1)c1ccc(C(C)(C)C)cc1C21c2ccccc2-c2ccccc21. The first-order chi connectivity index (χ1) is 15.6. The zero-order chi connectivity index (χ0) is 23.2. The standard InChI is InChI=1S/C33H34/c1-31(2,3)21-15-17-25-26-18-16-22(32(4,5)6)20-30(26)33(29(25)19-21)27-13-9-7-11-23(27)24-12-8-10-14-28(24)33/h7-15,17,19-20H,16,18H2,1-6H3. The highest BCUT2D eigenvalue weighted by Gasteiger charge is 2.53. The Labute approximate surface area is 199 Å². The molecule has 166 valence electrons. The lowest BCUT2D eigenvalue weighted by molar-refractivity contribution is 0.480. The zero-order valence-corrected chi connectivity index (χ0v) is 20.8. The Hall–Kier alpha value is -2.86. The summed E-state index contributed by atoms with van der Waals surface area (Å²) < 4.78 is 0. The predicted molar refractivity (Wildman–Crippen MR) is 141 cm³/mol. The maximum atomic E-state index is 2.59. The molecule has 6 rings (SSSR count). The molecule has 0 bridgehead atoms. The Kier molecular flexibility index (Phi) is 4.14. The molecule has 0 heteroatoms. The Bertz CT molecular complexity index is 1320. The Morgan fingerprint density at radius 3 is 1.79 bits per heavy atom. The van der Waals surface area contributed by atoms with Gasteiger partial charge in [-0.1, -0.05) is 120 Å².